The highest BCUT2D eigenvalue weighted by Gasteiger charge is 2.38. The second-order valence-electron chi connectivity index (χ2n) is 6.78. The number of rotatable bonds is 5. The number of carbonyl (C=O) groups is 1. The summed E-state index contributed by atoms with van der Waals surface area (Å²) in [5.74, 6) is -0.981. The van der Waals surface area contributed by atoms with E-state index in [1.807, 2.05) is 0 Å². The van der Waals surface area contributed by atoms with E-state index in [1.165, 1.54) is 0 Å². The van der Waals surface area contributed by atoms with Crippen molar-refractivity contribution >= 4 is 29.1 Å². The Bertz CT molecular complexity index is 866. The molecular formula is C19H20ClF3N4O2. The Balaban J connectivity index is 1.81. The quantitative estimate of drug-likeness (QED) is 0.740. The van der Waals surface area contributed by atoms with E-state index in [1.54, 1.807) is 25.1 Å². The van der Waals surface area contributed by atoms with Gasteiger partial charge in [0, 0.05) is 26.0 Å². The molecular weight excluding hydrogens is 409 g/mol. The van der Waals surface area contributed by atoms with Crippen molar-refractivity contribution in [3.8, 4) is 0 Å². The van der Waals surface area contributed by atoms with Crippen molar-refractivity contribution in [2.24, 2.45) is 5.92 Å². The lowest BCUT2D eigenvalue weighted by Crippen LogP contribution is -2.33. The molecule has 1 saturated heterocycles. The fraction of sp³-hybridized carbons (Fsp3) is 0.421. The molecule has 0 bridgehead atoms. The highest BCUT2D eigenvalue weighted by Crippen LogP contribution is 2.32. The standard InChI is InChI=1S/C19H20ClF3N4O2/c1-11-3-2-4-14(20)15(11)26-18-25-10-13(16(27-18)19(21,22)23)17(28)24-9-12-5-7-29-8-6-12/h2-4,10,12H,5-9H2,1H3,(H,24,28)(H,25,26,27). The van der Waals surface area contributed by atoms with Gasteiger partial charge in [-0.15, -0.1) is 0 Å². The van der Waals surface area contributed by atoms with Gasteiger partial charge >= 0.3 is 6.18 Å². The minimum absolute atomic E-state index is 0.173. The lowest BCUT2D eigenvalue weighted by Gasteiger charge is -2.22. The molecule has 0 saturated carbocycles. The number of para-hydroxylation sites is 1. The van der Waals surface area contributed by atoms with Crippen molar-refractivity contribution in [3.63, 3.8) is 0 Å². The molecule has 29 heavy (non-hydrogen) atoms. The van der Waals surface area contributed by atoms with Gasteiger partial charge in [-0.3, -0.25) is 4.79 Å². The van der Waals surface area contributed by atoms with Crippen molar-refractivity contribution < 1.29 is 22.7 Å². The number of nitrogens with one attached hydrogen (secondary N) is 2. The van der Waals surface area contributed by atoms with Crippen molar-refractivity contribution in [2.45, 2.75) is 25.9 Å². The summed E-state index contributed by atoms with van der Waals surface area (Å²) in [6.45, 7) is 3.19. The van der Waals surface area contributed by atoms with Crippen LogP contribution in [0.2, 0.25) is 5.02 Å². The maximum Gasteiger partial charge on any atom is 0.434 e. The Morgan fingerprint density at radius 1 is 1.31 bits per heavy atom. The third kappa shape index (κ3) is 5.36. The van der Waals surface area contributed by atoms with Crippen molar-refractivity contribution in [3.05, 3.63) is 46.2 Å². The first kappa shape index (κ1) is 21.3. The molecule has 0 spiro atoms. The Kier molecular flexibility index (Phi) is 6.59. The lowest BCUT2D eigenvalue weighted by atomic mass is 10.0. The lowest BCUT2D eigenvalue weighted by molar-refractivity contribution is -0.141. The molecule has 1 amide bonds. The van der Waals surface area contributed by atoms with E-state index in [0.717, 1.165) is 19.0 Å². The van der Waals surface area contributed by atoms with Crippen LogP contribution in [-0.4, -0.2) is 35.6 Å². The third-order valence-corrected chi connectivity index (χ3v) is 4.97. The number of ether oxygens (including phenoxy) is 1. The molecule has 1 aromatic heterocycles. The van der Waals surface area contributed by atoms with Gasteiger partial charge < -0.3 is 15.4 Å². The average molecular weight is 429 g/mol. The molecule has 3 rings (SSSR count). The van der Waals surface area contributed by atoms with Crippen LogP contribution in [0.15, 0.2) is 24.4 Å². The Morgan fingerprint density at radius 2 is 2.03 bits per heavy atom. The molecule has 10 heteroatoms. The van der Waals surface area contributed by atoms with Crippen LogP contribution in [-0.2, 0) is 10.9 Å². The highest BCUT2D eigenvalue weighted by molar-refractivity contribution is 6.33. The fourth-order valence-electron chi connectivity index (χ4n) is 3.01. The average Bonchev–Trinajstić information content (AvgIpc) is 2.69. The molecule has 2 aromatic rings. The van der Waals surface area contributed by atoms with Crippen LogP contribution in [0.25, 0.3) is 0 Å². The molecule has 0 atom stereocenters. The summed E-state index contributed by atoms with van der Waals surface area (Å²) in [4.78, 5) is 19.8. The first-order chi connectivity index (χ1) is 13.8. The summed E-state index contributed by atoms with van der Waals surface area (Å²) in [5.41, 5.74) is -0.804. The minimum Gasteiger partial charge on any atom is -0.381 e. The number of alkyl halides is 3. The Morgan fingerprint density at radius 3 is 2.69 bits per heavy atom. The molecule has 1 aliphatic heterocycles. The number of nitrogens with zero attached hydrogens (tertiary/aromatic N) is 2. The Hall–Kier alpha value is -2.39. The first-order valence-electron chi connectivity index (χ1n) is 9.08. The molecule has 2 N–H and O–H groups in total. The zero-order chi connectivity index (χ0) is 21.0. The number of carbonyl (C=O) groups excluding carboxylic acids is 1. The van der Waals surface area contributed by atoms with Crippen molar-refractivity contribution in [2.75, 3.05) is 25.1 Å². The van der Waals surface area contributed by atoms with Crippen LogP contribution in [0.5, 0.6) is 0 Å². The highest BCUT2D eigenvalue weighted by atomic mass is 35.5. The number of hydrogen-bond donors (Lipinski definition) is 2. The zero-order valence-corrected chi connectivity index (χ0v) is 16.4. The van der Waals surface area contributed by atoms with E-state index in [0.29, 0.717) is 29.5 Å². The monoisotopic (exact) mass is 428 g/mol. The predicted octanol–water partition coefficient (Wildman–Crippen LogP) is 4.36. The molecule has 0 aliphatic carbocycles. The van der Waals surface area contributed by atoms with Gasteiger partial charge in [-0.05, 0) is 37.3 Å². The molecule has 0 radical (unpaired) electrons. The van der Waals surface area contributed by atoms with Crippen molar-refractivity contribution in [1.29, 1.82) is 0 Å². The summed E-state index contributed by atoms with van der Waals surface area (Å²) in [6, 6.07) is 5.06. The van der Waals surface area contributed by atoms with Crippen LogP contribution < -0.4 is 10.6 Å². The fourth-order valence-corrected chi connectivity index (χ4v) is 3.28. The van der Waals surface area contributed by atoms with Gasteiger partial charge in [0.1, 0.15) is 0 Å². The van der Waals surface area contributed by atoms with Gasteiger partial charge in [-0.2, -0.15) is 13.2 Å². The van der Waals surface area contributed by atoms with E-state index in [9.17, 15) is 18.0 Å². The number of anilines is 2. The Labute approximate surface area is 170 Å². The number of aryl methyl sites for hydroxylation is 1. The predicted molar refractivity (Wildman–Crippen MR) is 102 cm³/mol. The summed E-state index contributed by atoms with van der Waals surface area (Å²) < 4.78 is 45.9. The van der Waals surface area contributed by atoms with E-state index < -0.39 is 23.3 Å². The van der Waals surface area contributed by atoms with Crippen LogP contribution in [0.1, 0.15) is 34.5 Å². The van der Waals surface area contributed by atoms with Gasteiger partial charge in [-0.25, -0.2) is 9.97 Å². The maximum atomic E-state index is 13.5. The summed E-state index contributed by atoms with van der Waals surface area (Å²) in [6.07, 6.45) is -2.43. The van der Waals surface area contributed by atoms with Gasteiger partial charge in [-0.1, -0.05) is 23.7 Å². The van der Waals surface area contributed by atoms with Crippen LogP contribution in [0, 0.1) is 12.8 Å². The molecule has 1 aliphatic rings. The van der Waals surface area contributed by atoms with Crippen LogP contribution in [0.3, 0.4) is 0 Å². The summed E-state index contributed by atoms with van der Waals surface area (Å²) in [7, 11) is 0. The van der Waals surface area contributed by atoms with E-state index >= 15 is 0 Å². The van der Waals surface area contributed by atoms with Crippen LogP contribution >= 0.6 is 11.6 Å². The number of amides is 1. The van der Waals surface area contributed by atoms with Crippen molar-refractivity contribution in [1.82, 2.24) is 15.3 Å². The van der Waals surface area contributed by atoms with E-state index in [4.69, 9.17) is 16.3 Å². The first-order valence-corrected chi connectivity index (χ1v) is 9.46. The second kappa shape index (κ2) is 8.96. The molecule has 2 heterocycles. The zero-order valence-electron chi connectivity index (χ0n) is 15.6. The van der Waals surface area contributed by atoms with Gasteiger partial charge in [0.15, 0.2) is 5.69 Å². The second-order valence-corrected chi connectivity index (χ2v) is 7.18. The molecule has 1 fully saturated rings. The minimum atomic E-state index is -4.82. The molecule has 156 valence electrons. The van der Waals surface area contributed by atoms with Gasteiger partial charge in [0.2, 0.25) is 5.95 Å². The number of benzene rings is 1. The number of halogens is 4. The normalized spacial score (nSPS) is 15.2. The van der Waals surface area contributed by atoms with Crippen LogP contribution in [0.4, 0.5) is 24.8 Å². The maximum absolute atomic E-state index is 13.5. The molecule has 1 aromatic carbocycles. The van der Waals surface area contributed by atoms with Gasteiger partial charge in [0.25, 0.3) is 5.91 Å². The van der Waals surface area contributed by atoms with Gasteiger partial charge in [0.05, 0.1) is 16.3 Å². The third-order valence-electron chi connectivity index (χ3n) is 4.65. The number of aromatic nitrogens is 2. The van der Waals surface area contributed by atoms with E-state index in [-0.39, 0.29) is 18.4 Å². The largest absolute Gasteiger partial charge is 0.434 e. The summed E-state index contributed by atoms with van der Waals surface area (Å²) in [5, 5.41) is 5.58. The molecule has 6 nitrogen and oxygen atoms in total. The molecule has 0 unspecified atom stereocenters. The SMILES string of the molecule is Cc1cccc(Cl)c1Nc1ncc(C(=O)NCC2CCOCC2)c(C(F)(F)F)n1. The summed E-state index contributed by atoms with van der Waals surface area (Å²) >= 11 is 6.09. The smallest absolute Gasteiger partial charge is 0.381 e. The topological polar surface area (TPSA) is 76.1 Å². The number of hydrogen-bond acceptors (Lipinski definition) is 5. The van der Waals surface area contributed by atoms with E-state index in [2.05, 4.69) is 20.6 Å².